The fourth-order valence-corrected chi connectivity index (χ4v) is 2.76. The number of nitrogens with one attached hydrogen (secondary N) is 1. The number of alkyl halides is 3. The highest BCUT2D eigenvalue weighted by molar-refractivity contribution is 7.18. The molecule has 2 N–H and O–H groups in total. The van der Waals surface area contributed by atoms with Crippen LogP contribution < -0.4 is 10.2 Å². The van der Waals surface area contributed by atoms with Crippen LogP contribution in [0.1, 0.15) is 9.67 Å². The Bertz CT molecular complexity index is 582. The monoisotopic (exact) mass is 338 g/mol. The van der Waals surface area contributed by atoms with Gasteiger partial charge in [0.2, 0.25) is 0 Å². The lowest BCUT2D eigenvalue weighted by Gasteiger charge is -2.32. The zero-order valence-corrected chi connectivity index (χ0v) is 12.3. The van der Waals surface area contributed by atoms with Gasteiger partial charge in [-0.2, -0.15) is 13.2 Å². The lowest BCUT2D eigenvalue weighted by Crippen LogP contribution is -2.44. The number of carboxylic acid groups (broad SMARTS) is 1. The summed E-state index contributed by atoms with van der Waals surface area (Å²) in [6, 6.07) is 0. The molecule has 1 saturated heterocycles. The lowest BCUT2D eigenvalue weighted by atomic mass is 10.3. The second-order valence-electron chi connectivity index (χ2n) is 4.72. The number of nitrogens with zero attached hydrogens (tertiary/aromatic N) is 3. The summed E-state index contributed by atoms with van der Waals surface area (Å²) in [5, 5.41) is 10.8. The van der Waals surface area contributed by atoms with Gasteiger partial charge in [-0.1, -0.05) is 11.3 Å². The molecule has 1 aromatic heterocycles. The largest absolute Gasteiger partial charge is 0.477 e. The zero-order chi connectivity index (χ0) is 16.5. The van der Waals surface area contributed by atoms with Crippen LogP contribution in [0.5, 0.6) is 0 Å². The van der Waals surface area contributed by atoms with Crippen molar-refractivity contribution in [3.63, 3.8) is 0 Å². The molecule has 0 atom stereocenters. The minimum atomic E-state index is -5.10. The Balaban J connectivity index is 2.22. The number of halogens is 3. The first-order valence-electron chi connectivity index (χ1n) is 6.24. The summed E-state index contributed by atoms with van der Waals surface area (Å²) in [7, 11) is 1.93. The van der Waals surface area contributed by atoms with E-state index in [-0.39, 0.29) is 5.13 Å². The van der Waals surface area contributed by atoms with Crippen molar-refractivity contribution >= 4 is 34.2 Å². The Hall–Kier alpha value is -1.88. The van der Waals surface area contributed by atoms with Gasteiger partial charge in [0.1, 0.15) is 0 Å². The predicted molar refractivity (Wildman–Crippen MR) is 73.5 cm³/mol. The van der Waals surface area contributed by atoms with E-state index in [1.165, 1.54) is 5.32 Å². The summed E-state index contributed by atoms with van der Waals surface area (Å²) in [6.07, 6.45) is -5.10. The van der Waals surface area contributed by atoms with Crippen molar-refractivity contribution in [2.45, 2.75) is 6.18 Å². The van der Waals surface area contributed by atoms with E-state index in [1.54, 1.807) is 4.90 Å². The van der Waals surface area contributed by atoms with Crippen LogP contribution in [0, 0.1) is 0 Å². The maximum atomic E-state index is 12.3. The van der Waals surface area contributed by atoms with Gasteiger partial charge in [0.25, 0.3) is 0 Å². The average molecular weight is 338 g/mol. The third-order valence-corrected chi connectivity index (χ3v) is 4.18. The summed E-state index contributed by atoms with van der Waals surface area (Å²) >= 11 is 0.743. The highest BCUT2D eigenvalue weighted by Crippen LogP contribution is 2.31. The molecule has 1 aromatic rings. The van der Waals surface area contributed by atoms with Crippen molar-refractivity contribution in [2.75, 3.05) is 43.4 Å². The maximum absolute atomic E-state index is 12.3. The molecule has 122 valence electrons. The number of thiazole rings is 1. The lowest BCUT2D eigenvalue weighted by molar-refractivity contribution is -0.167. The number of likely N-dealkylation sites (N-methyl/N-ethyl adjacent to an activating group) is 1. The number of hydrogen-bond acceptors (Lipinski definition) is 6. The topological polar surface area (TPSA) is 85.8 Å². The van der Waals surface area contributed by atoms with Gasteiger partial charge in [0.05, 0.1) is 0 Å². The van der Waals surface area contributed by atoms with Crippen molar-refractivity contribution in [3.8, 4) is 0 Å². The number of carbonyl (C=O) groups is 2. The standard InChI is InChI=1S/C11H13F3N4O3S/c1-17-2-4-18(5-3-17)10-16-7(6(22-10)8(19)20)15-9(21)11(12,13)14/h2-5H2,1H3,(H,15,21)(H,19,20). The molecule has 0 spiro atoms. The van der Waals surface area contributed by atoms with E-state index in [0.29, 0.717) is 13.1 Å². The second-order valence-corrected chi connectivity index (χ2v) is 5.70. The molecule has 0 unspecified atom stereocenters. The molecule has 7 nitrogen and oxygen atoms in total. The van der Waals surface area contributed by atoms with Crippen LogP contribution in [0.25, 0.3) is 0 Å². The number of rotatable bonds is 3. The highest BCUT2D eigenvalue weighted by atomic mass is 32.1. The van der Waals surface area contributed by atoms with Crippen LogP contribution in [0.15, 0.2) is 0 Å². The Morgan fingerprint density at radius 2 is 1.86 bits per heavy atom. The molecule has 11 heteroatoms. The van der Waals surface area contributed by atoms with Crippen LogP contribution in [0.2, 0.25) is 0 Å². The second kappa shape index (κ2) is 6.08. The number of carbonyl (C=O) groups excluding carboxylic acids is 1. The number of hydrogen-bond donors (Lipinski definition) is 2. The van der Waals surface area contributed by atoms with Gasteiger partial charge in [-0.05, 0) is 7.05 Å². The molecule has 2 rings (SSSR count). The molecule has 1 fully saturated rings. The molecule has 0 bridgehead atoms. The molecule has 0 aliphatic carbocycles. The summed E-state index contributed by atoms with van der Waals surface area (Å²) in [5.74, 6) is -4.26. The molecule has 2 heterocycles. The van der Waals surface area contributed by atoms with Gasteiger partial charge in [0, 0.05) is 26.2 Å². The van der Waals surface area contributed by atoms with E-state index >= 15 is 0 Å². The first kappa shape index (κ1) is 16.5. The van der Waals surface area contributed by atoms with E-state index < -0.39 is 28.7 Å². The van der Waals surface area contributed by atoms with Crippen molar-refractivity contribution in [2.24, 2.45) is 0 Å². The van der Waals surface area contributed by atoms with Crippen LogP contribution in [0.3, 0.4) is 0 Å². The summed E-state index contributed by atoms with van der Waals surface area (Å²) in [4.78, 5) is 29.3. The Kier molecular flexibility index (Phi) is 4.56. The van der Waals surface area contributed by atoms with E-state index in [4.69, 9.17) is 5.11 Å². The van der Waals surface area contributed by atoms with E-state index in [2.05, 4.69) is 9.88 Å². The maximum Gasteiger partial charge on any atom is 0.471 e. The SMILES string of the molecule is CN1CCN(c2nc(NC(=O)C(F)(F)F)c(C(=O)O)s2)CC1. The van der Waals surface area contributed by atoms with Crippen molar-refractivity contribution < 1.29 is 27.9 Å². The number of anilines is 2. The van der Waals surface area contributed by atoms with Gasteiger partial charge >= 0.3 is 18.1 Å². The Labute approximate surface area is 127 Å². The Morgan fingerprint density at radius 3 is 2.36 bits per heavy atom. The molecular formula is C11H13F3N4O3S. The van der Waals surface area contributed by atoms with Gasteiger partial charge in [-0.25, -0.2) is 9.78 Å². The molecule has 0 aromatic carbocycles. The fourth-order valence-electron chi connectivity index (χ4n) is 1.85. The molecular weight excluding hydrogens is 325 g/mol. The number of aromatic carboxylic acids is 1. The summed E-state index contributed by atoms with van der Waals surface area (Å²) < 4.78 is 36.8. The van der Waals surface area contributed by atoms with E-state index in [1.807, 2.05) is 7.05 Å². The van der Waals surface area contributed by atoms with Crippen molar-refractivity contribution in [1.82, 2.24) is 9.88 Å². The number of piperazine rings is 1. The molecule has 1 aliphatic rings. The van der Waals surface area contributed by atoms with Gasteiger partial charge in [0.15, 0.2) is 15.8 Å². The first-order valence-corrected chi connectivity index (χ1v) is 7.06. The van der Waals surface area contributed by atoms with Gasteiger partial charge < -0.3 is 20.2 Å². The third kappa shape index (κ3) is 3.65. The van der Waals surface area contributed by atoms with Gasteiger partial charge in [-0.15, -0.1) is 0 Å². The minimum Gasteiger partial charge on any atom is -0.477 e. The van der Waals surface area contributed by atoms with Crippen LogP contribution in [0.4, 0.5) is 24.1 Å². The van der Waals surface area contributed by atoms with Crippen LogP contribution in [-0.4, -0.2) is 66.3 Å². The fraction of sp³-hybridized carbons (Fsp3) is 0.545. The molecule has 1 amide bonds. The number of aromatic nitrogens is 1. The third-order valence-electron chi connectivity index (χ3n) is 3.07. The predicted octanol–water partition coefficient (Wildman–Crippen LogP) is 1.09. The van der Waals surface area contributed by atoms with Crippen molar-refractivity contribution in [1.29, 1.82) is 0 Å². The summed E-state index contributed by atoms with van der Waals surface area (Å²) in [5.41, 5.74) is 0. The molecule has 22 heavy (non-hydrogen) atoms. The van der Waals surface area contributed by atoms with Crippen LogP contribution in [-0.2, 0) is 4.79 Å². The first-order chi connectivity index (χ1) is 10.2. The number of carboxylic acids is 1. The normalized spacial score (nSPS) is 16.6. The average Bonchev–Trinajstić information content (AvgIpc) is 2.82. The minimum absolute atomic E-state index is 0.281. The molecule has 0 saturated carbocycles. The zero-order valence-electron chi connectivity index (χ0n) is 11.5. The van der Waals surface area contributed by atoms with Crippen LogP contribution >= 0.6 is 11.3 Å². The smallest absolute Gasteiger partial charge is 0.471 e. The van der Waals surface area contributed by atoms with Crippen molar-refractivity contribution in [3.05, 3.63) is 4.88 Å². The summed E-state index contributed by atoms with van der Waals surface area (Å²) in [6.45, 7) is 2.61. The van der Waals surface area contributed by atoms with E-state index in [0.717, 1.165) is 24.4 Å². The quantitative estimate of drug-likeness (QED) is 0.858. The Morgan fingerprint density at radius 1 is 1.27 bits per heavy atom. The van der Waals surface area contributed by atoms with Gasteiger partial charge in [-0.3, -0.25) is 4.79 Å². The molecule has 0 radical (unpaired) electrons. The number of amides is 1. The molecule has 1 aliphatic heterocycles. The highest BCUT2D eigenvalue weighted by Gasteiger charge is 2.40. The van der Waals surface area contributed by atoms with E-state index in [9.17, 15) is 22.8 Å².